The van der Waals surface area contributed by atoms with Gasteiger partial charge in [-0.05, 0) is 73.5 Å². The highest BCUT2D eigenvalue weighted by atomic mass is 16.4. The van der Waals surface area contributed by atoms with Gasteiger partial charge >= 0.3 is 5.97 Å². The lowest BCUT2D eigenvalue weighted by Crippen LogP contribution is -2.53. The number of aliphatic carboxylic acids is 1. The maximum atomic E-state index is 13.5. The Morgan fingerprint density at radius 1 is 1.22 bits per heavy atom. The van der Waals surface area contributed by atoms with Crippen molar-refractivity contribution in [1.29, 1.82) is 5.26 Å². The number of likely N-dealkylation sites (tertiary alicyclic amines) is 1. The second-order valence-corrected chi connectivity index (χ2v) is 10.0. The number of carbonyl (C=O) groups excluding carboxylic acids is 1. The lowest BCUT2D eigenvalue weighted by molar-refractivity contribution is -0.152. The van der Waals surface area contributed by atoms with E-state index in [0.717, 1.165) is 48.6 Å². The number of hydrogen-bond acceptors (Lipinski definition) is 3. The van der Waals surface area contributed by atoms with Crippen LogP contribution in [0.5, 0.6) is 0 Å². The van der Waals surface area contributed by atoms with Crippen LogP contribution in [0.2, 0.25) is 0 Å². The molecule has 5 rings (SSSR count). The van der Waals surface area contributed by atoms with Gasteiger partial charge in [0.1, 0.15) is 11.8 Å². The zero-order chi connectivity index (χ0) is 22.4. The number of nitrogens with one attached hydrogen (secondary N) is 1. The second kappa shape index (κ2) is 8.27. The summed E-state index contributed by atoms with van der Waals surface area (Å²) in [6.45, 7) is 2.76. The summed E-state index contributed by atoms with van der Waals surface area (Å²) < 4.78 is 0. The SMILES string of the molecule is CC(CC(=O)N1CCCC2C(C(=O)O)CCCC21)c1c(C#N)[nH]c2cccc(C3CC3)c12. The van der Waals surface area contributed by atoms with E-state index in [9.17, 15) is 20.0 Å². The third kappa shape index (κ3) is 3.58. The largest absolute Gasteiger partial charge is 0.481 e. The Balaban J connectivity index is 1.41. The molecular weight excluding hydrogens is 402 g/mol. The number of carbonyl (C=O) groups is 2. The lowest BCUT2D eigenvalue weighted by Gasteiger charge is -2.46. The van der Waals surface area contributed by atoms with Crippen LogP contribution in [0.4, 0.5) is 0 Å². The molecule has 2 saturated carbocycles. The first-order valence-corrected chi connectivity index (χ1v) is 12.1. The molecule has 1 aromatic carbocycles. The number of rotatable bonds is 5. The summed E-state index contributed by atoms with van der Waals surface area (Å²) in [5, 5.41) is 20.6. The molecule has 1 aromatic heterocycles. The van der Waals surface area contributed by atoms with E-state index in [1.54, 1.807) is 0 Å². The number of nitrogens with zero attached hydrogens (tertiary/aromatic N) is 2. The van der Waals surface area contributed by atoms with Crippen LogP contribution < -0.4 is 0 Å². The quantitative estimate of drug-likeness (QED) is 0.701. The highest BCUT2D eigenvalue weighted by Crippen LogP contribution is 2.46. The molecule has 32 heavy (non-hydrogen) atoms. The van der Waals surface area contributed by atoms with Gasteiger partial charge in [-0.15, -0.1) is 0 Å². The van der Waals surface area contributed by atoms with Gasteiger partial charge in [0.15, 0.2) is 0 Å². The average molecular weight is 434 g/mol. The molecule has 2 N–H and O–H groups in total. The summed E-state index contributed by atoms with van der Waals surface area (Å²) in [6, 6.07) is 8.59. The highest BCUT2D eigenvalue weighted by Gasteiger charge is 2.43. The molecule has 2 heterocycles. The highest BCUT2D eigenvalue weighted by molar-refractivity contribution is 5.91. The number of nitriles is 1. The van der Waals surface area contributed by atoms with Crippen LogP contribution in [0, 0.1) is 23.2 Å². The van der Waals surface area contributed by atoms with Gasteiger partial charge in [0, 0.05) is 29.9 Å². The predicted molar refractivity (Wildman–Crippen MR) is 121 cm³/mol. The van der Waals surface area contributed by atoms with Crippen LogP contribution in [-0.4, -0.2) is 39.5 Å². The van der Waals surface area contributed by atoms with Gasteiger partial charge in [-0.25, -0.2) is 0 Å². The van der Waals surface area contributed by atoms with Crippen molar-refractivity contribution in [3.63, 3.8) is 0 Å². The van der Waals surface area contributed by atoms with Crippen molar-refractivity contribution in [3.05, 3.63) is 35.0 Å². The molecular formula is C26H31N3O3. The van der Waals surface area contributed by atoms with Crippen LogP contribution in [0.25, 0.3) is 10.9 Å². The van der Waals surface area contributed by atoms with E-state index in [-0.39, 0.29) is 29.7 Å². The second-order valence-electron chi connectivity index (χ2n) is 10.0. The van der Waals surface area contributed by atoms with Gasteiger partial charge in [-0.1, -0.05) is 25.5 Å². The number of benzene rings is 1. The number of aromatic amines is 1. The first-order chi connectivity index (χ1) is 15.5. The molecule has 0 radical (unpaired) electrons. The molecule has 0 bridgehead atoms. The minimum atomic E-state index is -0.715. The van der Waals surface area contributed by atoms with E-state index in [1.807, 2.05) is 24.0 Å². The molecule has 2 aliphatic carbocycles. The first kappa shape index (κ1) is 21.1. The summed E-state index contributed by atoms with van der Waals surface area (Å²) >= 11 is 0. The summed E-state index contributed by atoms with van der Waals surface area (Å²) in [4.78, 5) is 30.5. The predicted octanol–water partition coefficient (Wildman–Crippen LogP) is 4.90. The van der Waals surface area contributed by atoms with Crippen molar-refractivity contribution >= 4 is 22.8 Å². The molecule has 1 saturated heterocycles. The van der Waals surface area contributed by atoms with Crippen molar-refractivity contribution in [2.45, 2.75) is 76.2 Å². The third-order valence-electron chi connectivity index (χ3n) is 8.00. The lowest BCUT2D eigenvalue weighted by atomic mass is 9.71. The van der Waals surface area contributed by atoms with Gasteiger partial charge in [0.05, 0.1) is 5.92 Å². The number of hydrogen-bond donors (Lipinski definition) is 2. The number of aromatic nitrogens is 1. The zero-order valence-corrected chi connectivity index (χ0v) is 18.6. The van der Waals surface area contributed by atoms with E-state index in [2.05, 4.69) is 17.1 Å². The molecule has 4 unspecified atom stereocenters. The number of H-pyrrole nitrogens is 1. The Labute approximate surface area is 188 Å². The van der Waals surface area contributed by atoms with Crippen LogP contribution in [-0.2, 0) is 9.59 Å². The maximum absolute atomic E-state index is 13.5. The zero-order valence-electron chi connectivity index (χ0n) is 18.6. The van der Waals surface area contributed by atoms with Crippen molar-refractivity contribution in [1.82, 2.24) is 9.88 Å². The Hall–Kier alpha value is -2.81. The fraction of sp³-hybridized carbons (Fsp3) is 0.577. The Morgan fingerprint density at radius 2 is 2.03 bits per heavy atom. The molecule has 3 fully saturated rings. The van der Waals surface area contributed by atoms with Gasteiger partial charge in [-0.2, -0.15) is 5.26 Å². The van der Waals surface area contributed by atoms with Crippen LogP contribution in [0.3, 0.4) is 0 Å². The molecule has 1 aliphatic heterocycles. The monoisotopic (exact) mass is 433 g/mol. The van der Waals surface area contributed by atoms with Gasteiger partial charge in [0.2, 0.25) is 5.91 Å². The number of amides is 1. The van der Waals surface area contributed by atoms with E-state index in [1.165, 1.54) is 18.4 Å². The van der Waals surface area contributed by atoms with Crippen LogP contribution >= 0.6 is 0 Å². The molecule has 6 nitrogen and oxygen atoms in total. The van der Waals surface area contributed by atoms with Crippen molar-refractivity contribution in [2.24, 2.45) is 11.8 Å². The number of fused-ring (bicyclic) bond motifs is 2. The van der Waals surface area contributed by atoms with Gasteiger partial charge < -0.3 is 15.0 Å². The summed E-state index contributed by atoms with van der Waals surface area (Å²) in [7, 11) is 0. The fourth-order valence-corrected chi connectivity index (χ4v) is 6.40. The number of carboxylic acids is 1. The topological polar surface area (TPSA) is 97.2 Å². The standard InChI is InChI=1S/C26H31N3O3/c1-15(24-21(14-27)28-20-8-2-5-17(25(20)24)16-10-11-16)13-23(30)29-12-4-7-18-19(26(31)32)6-3-9-22(18)29/h2,5,8,15-16,18-19,22,28H,3-4,6-7,9-13H2,1H3,(H,31,32). The number of carboxylic acid groups (broad SMARTS) is 1. The van der Waals surface area contributed by atoms with Gasteiger partial charge in [0.25, 0.3) is 0 Å². The molecule has 0 spiro atoms. The summed E-state index contributed by atoms with van der Waals surface area (Å²) in [6.07, 6.45) is 6.96. The molecule has 2 aromatic rings. The fourth-order valence-electron chi connectivity index (χ4n) is 6.40. The average Bonchev–Trinajstić information content (AvgIpc) is 3.56. The van der Waals surface area contributed by atoms with Gasteiger partial charge in [-0.3, -0.25) is 9.59 Å². The summed E-state index contributed by atoms with van der Waals surface area (Å²) in [5.74, 6) is -0.404. The van der Waals surface area contributed by atoms with Crippen molar-refractivity contribution in [2.75, 3.05) is 6.54 Å². The van der Waals surface area contributed by atoms with E-state index in [0.29, 0.717) is 24.6 Å². The molecule has 1 amide bonds. The Bertz CT molecular complexity index is 1090. The number of piperidine rings is 1. The van der Waals surface area contributed by atoms with Crippen LogP contribution in [0.15, 0.2) is 18.2 Å². The van der Waals surface area contributed by atoms with E-state index < -0.39 is 5.97 Å². The van der Waals surface area contributed by atoms with E-state index in [4.69, 9.17) is 0 Å². The Kier molecular flexibility index (Phi) is 5.44. The smallest absolute Gasteiger partial charge is 0.306 e. The normalized spacial score (nSPS) is 26.4. The Morgan fingerprint density at radius 3 is 2.75 bits per heavy atom. The molecule has 6 heteroatoms. The molecule has 3 aliphatic rings. The van der Waals surface area contributed by atoms with Crippen molar-refractivity contribution in [3.8, 4) is 6.07 Å². The molecule has 4 atom stereocenters. The van der Waals surface area contributed by atoms with Crippen LogP contribution in [0.1, 0.15) is 86.9 Å². The van der Waals surface area contributed by atoms with Crippen molar-refractivity contribution < 1.29 is 14.7 Å². The minimum absolute atomic E-state index is 0.0405. The third-order valence-corrected chi connectivity index (χ3v) is 8.00. The summed E-state index contributed by atoms with van der Waals surface area (Å²) in [5.41, 5.74) is 3.81. The molecule has 168 valence electrons. The maximum Gasteiger partial charge on any atom is 0.306 e. The van der Waals surface area contributed by atoms with E-state index >= 15 is 0 Å². The first-order valence-electron chi connectivity index (χ1n) is 12.1. The minimum Gasteiger partial charge on any atom is -0.481 e.